The molecule has 3 aromatic rings. The number of rotatable bonds is 4. The van der Waals surface area contributed by atoms with E-state index in [2.05, 4.69) is 5.32 Å². The molecule has 1 unspecified atom stereocenters. The fourth-order valence-corrected chi connectivity index (χ4v) is 2.72. The van der Waals surface area contributed by atoms with Gasteiger partial charge in [0.1, 0.15) is 5.69 Å². The number of aryl methyl sites for hydroxylation is 1. The van der Waals surface area contributed by atoms with Crippen LogP contribution in [0.2, 0.25) is 0 Å². The highest BCUT2D eigenvalue weighted by Crippen LogP contribution is 2.23. The van der Waals surface area contributed by atoms with Gasteiger partial charge in [-0.1, -0.05) is 48.5 Å². The van der Waals surface area contributed by atoms with E-state index in [4.69, 9.17) is 1.37 Å². The first-order valence-electron chi connectivity index (χ1n) is 8.01. The minimum atomic E-state index is -1.60. The fraction of sp³-hybridized carbons (Fsp3) is 0.158. The maximum atomic E-state index is 12.8. The molecule has 24 heavy (non-hydrogen) atoms. The number of para-hydroxylation sites is 1. The van der Waals surface area contributed by atoms with Gasteiger partial charge in [0.2, 0.25) is 0 Å². The normalized spacial score (nSPS) is 14.0. The maximum absolute atomic E-state index is 12.8. The van der Waals surface area contributed by atoms with Crippen molar-refractivity contribution in [2.75, 3.05) is 0 Å². The molecule has 0 aliphatic rings. The highest BCUT2D eigenvalue weighted by molar-refractivity contribution is 6.01. The average Bonchev–Trinajstić information content (AvgIpc) is 2.87. The third-order valence-electron chi connectivity index (χ3n) is 4.21. The van der Waals surface area contributed by atoms with Crippen LogP contribution in [-0.2, 0) is 17.4 Å². The number of carbonyl (C=O) groups excluding carboxylic acids is 1. The van der Waals surface area contributed by atoms with E-state index in [0.717, 1.165) is 5.52 Å². The Bertz CT molecular complexity index is 926. The van der Waals surface area contributed by atoms with Crippen LogP contribution in [0.15, 0.2) is 60.6 Å². The highest BCUT2D eigenvalue weighted by atomic mass is 16.4. The molecule has 0 spiro atoms. The lowest BCUT2D eigenvalue weighted by Crippen LogP contribution is -2.49. The first-order valence-corrected chi connectivity index (χ1v) is 7.51. The van der Waals surface area contributed by atoms with Gasteiger partial charge < -0.3 is 15.0 Å². The summed E-state index contributed by atoms with van der Waals surface area (Å²) >= 11 is 0. The molecule has 0 saturated heterocycles. The zero-order chi connectivity index (χ0) is 18.2. The van der Waals surface area contributed by atoms with E-state index in [1.54, 1.807) is 54.1 Å². The molecule has 0 aliphatic heterocycles. The molecule has 0 aliphatic carbocycles. The second-order valence-corrected chi connectivity index (χ2v) is 5.80. The number of nitrogens with one attached hydrogen (secondary N) is 1. The van der Waals surface area contributed by atoms with Gasteiger partial charge in [0, 0.05) is 18.0 Å². The number of carboxylic acid groups (broad SMARTS) is 1. The van der Waals surface area contributed by atoms with Crippen LogP contribution in [0, 0.1) is 0 Å². The zero-order valence-corrected chi connectivity index (χ0v) is 13.4. The van der Waals surface area contributed by atoms with Gasteiger partial charge in [0.15, 0.2) is 5.54 Å². The minimum Gasteiger partial charge on any atom is -0.479 e. The van der Waals surface area contributed by atoms with Gasteiger partial charge in [-0.3, -0.25) is 4.79 Å². The summed E-state index contributed by atoms with van der Waals surface area (Å²) in [6, 6.07) is 15.8. The van der Waals surface area contributed by atoms with Crippen LogP contribution >= 0.6 is 0 Å². The lowest BCUT2D eigenvalue weighted by atomic mass is 9.92. The highest BCUT2D eigenvalue weighted by Gasteiger charge is 2.37. The topological polar surface area (TPSA) is 71.3 Å². The van der Waals surface area contributed by atoms with Crippen molar-refractivity contribution in [2.45, 2.75) is 12.5 Å². The Hall–Kier alpha value is -3.08. The Morgan fingerprint density at radius 3 is 2.38 bits per heavy atom. The van der Waals surface area contributed by atoms with Gasteiger partial charge in [0.25, 0.3) is 5.91 Å². The number of carbonyl (C=O) groups is 2. The van der Waals surface area contributed by atoms with Gasteiger partial charge in [-0.05, 0) is 24.6 Å². The maximum Gasteiger partial charge on any atom is 0.333 e. The molecule has 122 valence electrons. The average molecular weight is 323 g/mol. The second kappa shape index (κ2) is 5.85. The third kappa shape index (κ3) is 2.54. The van der Waals surface area contributed by atoms with Crippen molar-refractivity contribution in [1.82, 2.24) is 9.88 Å². The number of benzene rings is 2. The Morgan fingerprint density at radius 2 is 1.75 bits per heavy atom. The van der Waals surface area contributed by atoms with E-state index in [1.807, 2.05) is 12.1 Å². The first-order chi connectivity index (χ1) is 11.9. The molecule has 0 saturated carbocycles. The summed E-state index contributed by atoms with van der Waals surface area (Å²) in [6.07, 6.45) is 0. The Morgan fingerprint density at radius 1 is 1.12 bits per heavy atom. The number of fused-ring (bicyclic) bond motifs is 1. The van der Waals surface area contributed by atoms with Gasteiger partial charge in [0.05, 0.1) is 1.37 Å². The van der Waals surface area contributed by atoms with Crippen molar-refractivity contribution in [3.8, 4) is 0 Å². The SMILES string of the molecule is [2H]c1c(C(=O)NC(C)(C(=O)O)c2ccccc2)n(C)c2ccccc12. The molecule has 1 heterocycles. The van der Waals surface area contributed by atoms with Crippen molar-refractivity contribution in [1.29, 1.82) is 0 Å². The van der Waals surface area contributed by atoms with Gasteiger partial charge in [-0.2, -0.15) is 0 Å². The van der Waals surface area contributed by atoms with E-state index < -0.39 is 17.4 Å². The molecule has 3 rings (SSSR count). The van der Waals surface area contributed by atoms with E-state index >= 15 is 0 Å². The molecule has 1 atom stereocenters. The van der Waals surface area contributed by atoms with Crippen LogP contribution < -0.4 is 5.32 Å². The van der Waals surface area contributed by atoms with Gasteiger partial charge >= 0.3 is 5.97 Å². The predicted molar refractivity (Wildman–Crippen MR) is 91.8 cm³/mol. The minimum absolute atomic E-state index is 0.0800. The summed E-state index contributed by atoms with van der Waals surface area (Å²) < 4.78 is 9.89. The standard InChI is InChI=1S/C19H18N2O3/c1-19(18(23)24,14-9-4-3-5-10-14)20-17(22)16-12-13-8-6-7-11-15(13)21(16)2/h3-12H,1-2H3,(H,20,22)(H,23,24)/i12D. The number of hydrogen-bond acceptors (Lipinski definition) is 2. The number of carboxylic acids is 1. The number of aromatic nitrogens is 1. The molecule has 0 radical (unpaired) electrons. The molecule has 1 amide bonds. The Kier molecular flexibility index (Phi) is 3.54. The molecule has 1 aromatic heterocycles. The van der Waals surface area contributed by atoms with Crippen LogP contribution in [0.1, 0.15) is 24.3 Å². The number of hydrogen-bond donors (Lipinski definition) is 2. The molecule has 2 aromatic carbocycles. The molecule has 5 nitrogen and oxygen atoms in total. The van der Waals surface area contributed by atoms with Crippen molar-refractivity contribution in [2.24, 2.45) is 7.05 Å². The number of aliphatic carboxylic acids is 1. The van der Waals surface area contributed by atoms with Crippen molar-refractivity contribution in [3.05, 3.63) is 71.9 Å². The molecule has 5 heteroatoms. The zero-order valence-electron chi connectivity index (χ0n) is 14.4. The number of nitrogens with zero attached hydrogens (tertiary/aromatic N) is 1. The van der Waals surface area contributed by atoms with Crippen molar-refractivity contribution in [3.63, 3.8) is 0 Å². The molecular formula is C19H18N2O3. The summed E-state index contributed by atoms with van der Waals surface area (Å²) in [7, 11) is 1.69. The van der Waals surface area contributed by atoms with Gasteiger partial charge in [-0.15, -0.1) is 0 Å². The van der Waals surface area contributed by atoms with Crippen LogP contribution in [0.5, 0.6) is 0 Å². The smallest absolute Gasteiger partial charge is 0.333 e. The van der Waals surface area contributed by atoms with E-state index in [0.29, 0.717) is 10.9 Å². The fourth-order valence-electron chi connectivity index (χ4n) is 2.72. The van der Waals surface area contributed by atoms with E-state index in [9.17, 15) is 14.7 Å². The summed E-state index contributed by atoms with van der Waals surface area (Å²) in [6.45, 7) is 1.44. The lowest BCUT2D eigenvalue weighted by molar-refractivity contribution is -0.144. The lowest BCUT2D eigenvalue weighted by Gasteiger charge is -2.26. The van der Waals surface area contributed by atoms with Crippen LogP contribution in [-0.4, -0.2) is 21.6 Å². The van der Waals surface area contributed by atoms with Crippen LogP contribution in [0.3, 0.4) is 0 Å². The third-order valence-corrected chi connectivity index (χ3v) is 4.21. The van der Waals surface area contributed by atoms with Crippen molar-refractivity contribution >= 4 is 22.8 Å². The quantitative estimate of drug-likeness (QED) is 0.775. The summed E-state index contributed by atoms with van der Waals surface area (Å²) in [5.74, 6) is -1.77. The first kappa shape index (κ1) is 14.5. The van der Waals surface area contributed by atoms with Crippen LogP contribution in [0.4, 0.5) is 0 Å². The van der Waals surface area contributed by atoms with E-state index in [1.165, 1.54) is 6.92 Å². The molecular weight excluding hydrogens is 304 g/mol. The molecule has 0 fully saturated rings. The van der Waals surface area contributed by atoms with Crippen LogP contribution in [0.25, 0.3) is 10.9 Å². The largest absolute Gasteiger partial charge is 0.479 e. The van der Waals surface area contributed by atoms with E-state index in [-0.39, 0.29) is 11.7 Å². The molecule has 2 N–H and O–H groups in total. The summed E-state index contributed by atoms with van der Waals surface area (Å²) in [5, 5.41) is 12.9. The monoisotopic (exact) mass is 323 g/mol. The Labute approximate surface area is 140 Å². The predicted octanol–water partition coefficient (Wildman–Crippen LogP) is 2.91. The number of amides is 1. The summed E-state index contributed by atoms with van der Waals surface area (Å²) in [5.41, 5.74) is -0.263. The van der Waals surface area contributed by atoms with Gasteiger partial charge in [-0.25, -0.2) is 4.79 Å². The summed E-state index contributed by atoms with van der Waals surface area (Å²) in [4.78, 5) is 24.7. The Balaban J connectivity index is 2.06. The van der Waals surface area contributed by atoms with Crippen molar-refractivity contribution < 1.29 is 16.1 Å². The second-order valence-electron chi connectivity index (χ2n) is 5.80. The molecule has 0 bridgehead atoms.